The van der Waals surface area contributed by atoms with Gasteiger partial charge in [0.1, 0.15) is 0 Å². The lowest BCUT2D eigenvalue weighted by atomic mass is 9.92. The maximum Gasteiger partial charge on any atom is 0.0774 e. The summed E-state index contributed by atoms with van der Waals surface area (Å²) in [5.41, 5.74) is 4.25. The number of pyridine rings is 2. The van der Waals surface area contributed by atoms with Gasteiger partial charge in [-0.1, -0.05) is 12.1 Å². The van der Waals surface area contributed by atoms with Crippen LogP contribution < -0.4 is 5.32 Å². The molecule has 0 radical (unpaired) electrons. The summed E-state index contributed by atoms with van der Waals surface area (Å²) in [5.74, 6) is 0. The molecule has 0 saturated carbocycles. The molecular weight excluding hydrogens is 272 g/mol. The van der Waals surface area contributed by atoms with E-state index in [0.717, 1.165) is 36.3 Å². The van der Waals surface area contributed by atoms with E-state index in [0.29, 0.717) is 6.42 Å². The summed E-state index contributed by atoms with van der Waals surface area (Å²) in [7, 11) is 0. The molecule has 112 valence electrons. The highest BCUT2D eigenvalue weighted by Gasteiger charge is 2.25. The Morgan fingerprint density at radius 2 is 2.09 bits per heavy atom. The zero-order valence-corrected chi connectivity index (χ0v) is 12.8. The molecule has 1 fully saturated rings. The van der Waals surface area contributed by atoms with Gasteiger partial charge in [0.15, 0.2) is 0 Å². The van der Waals surface area contributed by atoms with Crippen molar-refractivity contribution in [3.63, 3.8) is 0 Å². The van der Waals surface area contributed by atoms with Crippen molar-refractivity contribution in [2.45, 2.75) is 44.7 Å². The number of nitriles is 1. The quantitative estimate of drug-likeness (QED) is 0.941. The first-order valence-electron chi connectivity index (χ1n) is 7.78. The van der Waals surface area contributed by atoms with Crippen LogP contribution in [-0.2, 0) is 6.42 Å². The number of nitrogens with zero attached hydrogens (tertiary/aromatic N) is 3. The van der Waals surface area contributed by atoms with Gasteiger partial charge >= 0.3 is 0 Å². The van der Waals surface area contributed by atoms with E-state index in [9.17, 15) is 0 Å². The summed E-state index contributed by atoms with van der Waals surface area (Å²) in [4.78, 5) is 9.18. The first-order valence-corrected chi connectivity index (χ1v) is 7.78. The normalized spacial score (nSPS) is 21.3. The molecule has 1 saturated heterocycles. The van der Waals surface area contributed by atoms with Gasteiger partial charge in [-0.05, 0) is 49.9 Å². The Bertz CT molecular complexity index is 689. The SMILES string of the molecule is Cc1cccnc1[C@@H]1CCC[C@H](c2cccc(CC#N)n2)N1. The van der Waals surface area contributed by atoms with Gasteiger partial charge in [0.25, 0.3) is 0 Å². The fourth-order valence-electron chi connectivity index (χ4n) is 3.12. The molecule has 4 nitrogen and oxygen atoms in total. The molecule has 4 heteroatoms. The van der Waals surface area contributed by atoms with E-state index in [1.807, 2.05) is 30.5 Å². The Morgan fingerprint density at radius 1 is 1.23 bits per heavy atom. The van der Waals surface area contributed by atoms with E-state index in [-0.39, 0.29) is 12.1 Å². The van der Waals surface area contributed by atoms with E-state index in [2.05, 4.69) is 34.3 Å². The Morgan fingerprint density at radius 3 is 2.91 bits per heavy atom. The van der Waals surface area contributed by atoms with E-state index in [1.54, 1.807) is 0 Å². The number of aryl methyl sites for hydroxylation is 1. The lowest BCUT2D eigenvalue weighted by Crippen LogP contribution is -2.32. The summed E-state index contributed by atoms with van der Waals surface area (Å²) in [5, 5.41) is 12.5. The Hall–Kier alpha value is -2.25. The predicted molar refractivity (Wildman–Crippen MR) is 85.0 cm³/mol. The summed E-state index contributed by atoms with van der Waals surface area (Å²) in [6, 6.07) is 12.7. The highest BCUT2D eigenvalue weighted by molar-refractivity contribution is 5.23. The van der Waals surface area contributed by atoms with Crippen LogP contribution >= 0.6 is 0 Å². The van der Waals surface area contributed by atoms with Gasteiger partial charge in [-0.25, -0.2) is 0 Å². The lowest BCUT2D eigenvalue weighted by molar-refractivity contribution is 0.320. The van der Waals surface area contributed by atoms with Crippen LogP contribution in [0.3, 0.4) is 0 Å². The number of piperidine rings is 1. The van der Waals surface area contributed by atoms with Crippen molar-refractivity contribution >= 4 is 0 Å². The molecular formula is C18H20N4. The zero-order chi connectivity index (χ0) is 15.4. The van der Waals surface area contributed by atoms with E-state index in [4.69, 9.17) is 5.26 Å². The molecule has 22 heavy (non-hydrogen) atoms. The molecule has 3 heterocycles. The smallest absolute Gasteiger partial charge is 0.0774 e. The van der Waals surface area contributed by atoms with Crippen molar-refractivity contribution < 1.29 is 0 Å². The maximum atomic E-state index is 8.83. The van der Waals surface area contributed by atoms with Gasteiger partial charge in [-0.15, -0.1) is 0 Å². The fraction of sp³-hybridized carbons (Fsp3) is 0.389. The molecule has 0 aromatic carbocycles. The van der Waals surface area contributed by atoms with Crippen molar-refractivity contribution in [2.75, 3.05) is 0 Å². The highest BCUT2D eigenvalue weighted by atomic mass is 15.0. The standard InChI is InChI=1S/C18H20N4/c1-13-5-4-12-20-18(13)17-9-3-8-16(22-17)15-7-2-6-14(21-15)10-11-19/h2,4-7,12,16-17,22H,3,8-10H2,1H3/t16-,17+/m1/s1. The van der Waals surface area contributed by atoms with Crippen LogP contribution in [0.15, 0.2) is 36.5 Å². The maximum absolute atomic E-state index is 8.83. The van der Waals surface area contributed by atoms with E-state index in [1.165, 1.54) is 5.56 Å². The summed E-state index contributed by atoms with van der Waals surface area (Å²) < 4.78 is 0. The van der Waals surface area contributed by atoms with Gasteiger partial charge < -0.3 is 5.32 Å². The van der Waals surface area contributed by atoms with Crippen molar-refractivity contribution in [2.24, 2.45) is 0 Å². The van der Waals surface area contributed by atoms with E-state index < -0.39 is 0 Å². The summed E-state index contributed by atoms with van der Waals surface area (Å²) in [6.45, 7) is 2.11. The number of aromatic nitrogens is 2. The molecule has 0 unspecified atom stereocenters. The third kappa shape index (κ3) is 3.15. The molecule has 1 aliphatic rings. The van der Waals surface area contributed by atoms with Gasteiger partial charge in [0.05, 0.1) is 35.6 Å². The first kappa shape index (κ1) is 14.7. The van der Waals surface area contributed by atoms with Crippen LogP contribution in [0, 0.1) is 18.3 Å². The largest absolute Gasteiger partial charge is 0.300 e. The molecule has 1 aliphatic heterocycles. The second-order valence-electron chi connectivity index (χ2n) is 5.80. The third-order valence-electron chi connectivity index (χ3n) is 4.21. The second-order valence-corrected chi connectivity index (χ2v) is 5.80. The minimum absolute atomic E-state index is 0.235. The topological polar surface area (TPSA) is 61.6 Å². The second kappa shape index (κ2) is 6.67. The van der Waals surface area contributed by atoms with E-state index >= 15 is 0 Å². The zero-order valence-electron chi connectivity index (χ0n) is 12.8. The molecule has 2 aromatic heterocycles. The molecule has 1 N–H and O–H groups in total. The third-order valence-corrected chi connectivity index (χ3v) is 4.21. The average Bonchev–Trinajstić information content (AvgIpc) is 2.56. The van der Waals surface area contributed by atoms with Gasteiger partial charge in [0, 0.05) is 12.2 Å². The minimum Gasteiger partial charge on any atom is -0.300 e. The van der Waals surface area contributed by atoms with Crippen LogP contribution in [0.1, 0.15) is 54.0 Å². The van der Waals surface area contributed by atoms with Crippen LogP contribution in [0.2, 0.25) is 0 Å². The molecule has 2 aromatic rings. The molecule has 0 spiro atoms. The number of hydrogen-bond acceptors (Lipinski definition) is 4. The highest BCUT2D eigenvalue weighted by Crippen LogP contribution is 2.32. The molecule has 0 aliphatic carbocycles. The Kier molecular flexibility index (Phi) is 4.45. The number of hydrogen-bond donors (Lipinski definition) is 1. The van der Waals surface area contributed by atoms with Crippen molar-refractivity contribution in [3.05, 3.63) is 59.2 Å². The number of rotatable bonds is 3. The van der Waals surface area contributed by atoms with Crippen LogP contribution in [-0.4, -0.2) is 9.97 Å². The molecule has 3 rings (SSSR count). The molecule has 0 bridgehead atoms. The molecule has 2 atom stereocenters. The van der Waals surface area contributed by atoms with Crippen molar-refractivity contribution in [3.8, 4) is 6.07 Å². The minimum atomic E-state index is 0.235. The van der Waals surface area contributed by atoms with Crippen LogP contribution in [0.4, 0.5) is 0 Å². The fourth-order valence-corrected chi connectivity index (χ4v) is 3.12. The monoisotopic (exact) mass is 292 g/mol. The van der Waals surface area contributed by atoms with Gasteiger partial charge in [0.2, 0.25) is 0 Å². The summed E-state index contributed by atoms with van der Waals surface area (Å²) >= 11 is 0. The number of nitrogens with one attached hydrogen (secondary N) is 1. The first-order chi connectivity index (χ1) is 10.8. The Labute approximate surface area is 131 Å². The lowest BCUT2D eigenvalue weighted by Gasteiger charge is -2.31. The predicted octanol–water partition coefficient (Wildman–Crippen LogP) is 3.41. The average molecular weight is 292 g/mol. The van der Waals surface area contributed by atoms with Crippen molar-refractivity contribution in [1.29, 1.82) is 5.26 Å². The molecule has 0 amide bonds. The van der Waals surface area contributed by atoms with Gasteiger partial charge in [-0.2, -0.15) is 5.26 Å². The summed E-state index contributed by atoms with van der Waals surface area (Å²) in [6.07, 6.45) is 5.56. The Balaban J connectivity index is 1.80. The van der Waals surface area contributed by atoms with Crippen LogP contribution in [0.5, 0.6) is 0 Å². The van der Waals surface area contributed by atoms with Gasteiger partial charge in [-0.3, -0.25) is 9.97 Å². The van der Waals surface area contributed by atoms with Crippen molar-refractivity contribution in [1.82, 2.24) is 15.3 Å². The van der Waals surface area contributed by atoms with Crippen LogP contribution in [0.25, 0.3) is 0 Å².